The zero-order valence-electron chi connectivity index (χ0n) is 21.3. The van der Waals surface area contributed by atoms with Crippen LogP contribution in [-0.2, 0) is 4.79 Å². The summed E-state index contributed by atoms with van der Waals surface area (Å²) in [5.41, 5.74) is 5.66. The second-order valence-electron chi connectivity index (χ2n) is 9.44. The predicted molar refractivity (Wildman–Crippen MR) is 148 cm³/mol. The number of anilines is 2. The second kappa shape index (κ2) is 10.7. The Kier molecular flexibility index (Phi) is 7.08. The lowest BCUT2D eigenvalue weighted by Gasteiger charge is -2.39. The standard InChI is InChI=1S/C31H32N4O2/c1-3-4-20-33(31(37)32-25-18-16-23(2)17-19-25)22-29(36)35-27-14-9-8-13-26(27)34-21-10-15-28(34)30(35)24-11-6-5-7-12-24/h5-19,21,30H,3-4,20,22H2,1-2H3,(H,32,37). The van der Waals surface area contributed by atoms with E-state index in [1.54, 1.807) is 4.90 Å². The minimum atomic E-state index is -0.299. The number of benzene rings is 3. The van der Waals surface area contributed by atoms with Gasteiger partial charge in [-0.25, -0.2) is 4.79 Å². The maximum Gasteiger partial charge on any atom is 0.322 e. The van der Waals surface area contributed by atoms with Crippen LogP contribution in [0.1, 0.15) is 42.6 Å². The molecule has 37 heavy (non-hydrogen) atoms. The van der Waals surface area contributed by atoms with E-state index < -0.39 is 0 Å². The summed E-state index contributed by atoms with van der Waals surface area (Å²) in [6.07, 6.45) is 3.78. The Bertz CT molecular complexity index is 1380. The van der Waals surface area contributed by atoms with Gasteiger partial charge in [-0.2, -0.15) is 0 Å². The van der Waals surface area contributed by atoms with Gasteiger partial charge in [-0.15, -0.1) is 0 Å². The highest BCUT2D eigenvalue weighted by Crippen LogP contribution is 2.42. The maximum absolute atomic E-state index is 14.1. The van der Waals surface area contributed by atoms with Crippen molar-refractivity contribution in [2.75, 3.05) is 23.3 Å². The highest BCUT2D eigenvalue weighted by molar-refractivity contribution is 6.01. The van der Waals surface area contributed by atoms with Gasteiger partial charge in [0.05, 0.1) is 17.1 Å². The van der Waals surface area contributed by atoms with E-state index in [1.165, 1.54) is 0 Å². The van der Waals surface area contributed by atoms with Gasteiger partial charge in [-0.1, -0.05) is 73.5 Å². The molecule has 0 saturated heterocycles. The molecule has 0 fully saturated rings. The molecule has 0 bridgehead atoms. The van der Waals surface area contributed by atoms with Crippen molar-refractivity contribution in [3.05, 3.63) is 114 Å². The number of unbranched alkanes of at least 4 members (excludes halogenated alkanes) is 1. The minimum absolute atomic E-state index is 0.0178. The molecule has 3 amide bonds. The van der Waals surface area contributed by atoms with E-state index in [9.17, 15) is 9.59 Å². The largest absolute Gasteiger partial charge is 0.322 e. The van der Waals surface area contributed by atoms with E-state index >= 15 is 0 Å². The van der Waals surface area contributed by atoms with Crippen LogP contribution < -0.4 is 10.2 Å². The van der Waals surface area contributed by atoms with Gasteiger partial charge in [-0.05, 0) is 55.3 Å². The number of fused-ring (bicyclic) bond motifs is 3. The van der Waals surface area contributed by atoms with Crippen LogP contribution in [0.4, 0.5) is 16.2 Å². The van der Waals surface area contributed by atoms with Gasteiger partial charge >= 0.3 is 6.03 Å². The first-order valence-corrected chi connectivity index (χ1v) is 12.8. The second-order valence-corrected chi connectivity index (χ2v) is 9.44. The first-order chi connectivity index (χ1) is 18.1. The van der Waals surface area contributed by atoms with Crippen LogP contribution in [0, 0.1) is 6.92 Å². The monoisotopic (exact) mass is 492 g/mol. The third kappa shape index (κ3) is 5.00. The molecule has 1 aliphatic rings. The Balaban J connectivity index is 1.48. The summed E-state index contributed by atoms with van der Waals surface area (Å²) in [5, 5.41) is 2.97. The van der Waals surface area contributed by atoms with Crippen molar-refractivity contribution in [2.45, 2.75) is 32.7 Å². The van der Waals surface area contributed by atoms with Crippen LogP contribution in [0.2, 0.25) is 0 Å². The van der Waals surface area contributed by atoms with Crippen molar-refractivity contribution < 1.29 is 9.59 Å². The van der Waals surface area contributed by atoms with Crippen molar-refractivity contribution in [2.24, 2.45) is 0 Å². The van der Waals surface area contributed by atoms with Crippen molar-refractivity contribution in [3.63, 3.8) is 0 Å². The maximum atomic E-state index is 14.1. The van der Waals surface area contributed by atoms with Crippen molar-refractivity contribution in [1.29, 1.82) is 0 Å². The molecule has 1 N–H and O–H groups in total. The van der Waals surface area contributed by atoms with Crippen LogP contribution in [0.25, 0.3) is 5.69 Å². The average Bonchev–Trinajstić information content (AvgIpc) is 3.42. The van der Waals surface area contributed by atoms with Crippen LogP contribution in [-0.4, -0.2) is 34.5 Å². The summed E-state index contributed by atoms with van der Waals surface area (Å²) in [5.74, 6) is -0.121. The fourth-order valence-corrected chi connectivity index (χ4v) is 4.89. The molecule has 1 aliphatic heterocycles. The number of nitrogens with one attached hydrogen (secondary N) is 1. The highest BCUT2D eigenvalue weighted by Gasteiger charge is 2.36. The van der Waals surface area contributed by atoms with Gasteiger partial charge in [0.25, 0.3) is 0 Å². The number of amides is 3. The molecular weight excluding hydrogens is 460 g/mol. The molecule has 1 unspecified atom stereocenters. The van der Waals surface area contributed by atoms with Crippen LogP contribution in [0.3, 0.4) is 0 Å². The molecule has 6 heteroatoms. The Morgan fingerprint density at radius 2 is 1.57 bits per heavy atom. The summed E-state index contributed by atoms with van der Waals surface area (Å²) in [4.78, 5) is 31.0. The van der Waals surface area contributed by atoms with Crippen molar-refractivity contribution in [1.82, 2.24) is 9.47 Å². The van der Waals surface area contributed by atoms with Gasteiger partial charge in [0.1, 0.15) is 12.6 Å². The first kappa shape index (κ1) is 24.4. The SMILES string of the molecule is CCCCN(CC(=O)N1c2ccccc2-n2cccc2C1c1ccccc1)C(=O)Nc1ccc(C)cc1. The third-order valence-corrected chi connectivity index (χ3v) is 6.80. The zero-order valence-corrected chi connectivity index (χ0v) is 21.3. The van der Waals surface area contributed by atoms with E-state index in [1.807, 2.05) is 90.8 Å². The van der Waals surface area contributed by atoms with E-state index in [0.717, 1.165) is 41.0 Å². The summed E-state index contributed by atoms with van der Waals surface area (Å²) in [6.45, 7) is 4.57. The lowest BCUT2D eigenvalue weighted by Crippen LogP contribution is -2.48. The van der Waals surface area contributed by atoms with Crippen LogP contribution in [0.15, 0.2) is 97.2 Å². The minimum Gasteiger partial charge on any atom is -0.316 e. The summed E-state index contributed by atoms with van der Waals surface area (Å²) in [7, 11) is 0. The molecular formula is C31H32N4O2. The van der Waals surface area contributed by atoms with Crippen molar-refractivity contribution in [3.8, 4) is 5.69 Å². The number of carbonyl (C=O) groups is 2. The summed E-state index contributed by atoms with van der Waals surface area (Å²) < 4.78 is 2.15. The fraction of sp³-hybridized carbons (Fsp3) is 0.226. The molecule has 5 rings (SSSR count). The molecule has 4 aromatic rings. The third-order valence-electron chi connectivity index (χ3n) is 6.80. The molecule has 0 aliphatic carbocycles. The molecule has 0 radical (unpaired) electrons. The summed E-state index contributed by atoms with van der Waals surface area (Å²) >= 11 is 0. The lowest BCUT2D eigenvalue weighted by atomic mass is 9.97. The Morgan fingerprint density at radius 3 is 2.30 bits per heavy atom. The zero-order chi connectivity index (χ0) is 25.8. The number of hydrogen-bond acceptors (Lipinski definition) is 2. The molecule has 6 nitrogen and oxygen atoms in total. The number of para-hydroxylation sites is 2. The number of aromatic nitrogens is 1. The Morgan fingerprint density at radius 1 is 0.865 bits per heavy atom. The van der Waals surface area contributed by atoms with Gasteiger partial charge in [0.15, 0.2) is 0 Å². The molecule has 2 heterocycles. The Labute approximate surface area is 218 Å². The average molecular weight is 493 g/mol. The van der Waals surface area contributed by atoms with E-state index in [-0.39, 0.29) is 24.5 Å². The number of aryl methyl sites for hydroxylation is 1. The number of hydrogen-bond donors (Lipinski definition) is 1. The topological polar surface area (TPSA) is 57.6 Å². The van der Waals surface area contributed by atoms with Crippen LogP contribution >= 0.6 is 0 Å². The molecule has 0 saturated carbocycles. The molecule has 3 aromatic carbocycles. The van der Waals surface area contributed by atoms with E-state index in [4.69, 9.17) is 0 Å². The molecule has 0 spiro atoms. The number of urea groups is 1. The number of nitrogens with zero attached hydrogens (tertiary/aromatic N) is 3. The van der Waals surface area contributed by atoms with Gasteiger partial charge in [0, 0.05) is 18.4 Å². The summed E-state index contributed by atoms with van der Waals surface area (Å²) in [6, 6.07) is 29.2. The number of carbonyl (C=O) groups excluding carboxylic acids is 2. The smallest absolute Gasteiger partial charge is 0.316 e. The molecule has 188 valence electrons. The quantitative estimate of drug-likeness (QED) is 0.318. The normalized spacial score (nSPS) is 14.0. The Hall–Kier alpha value is -4.32. The van der Waals surface area contributed by atoms with E-state index in [0.29, 0.717) is 12.2 Å². The van der Waals surface area contributed by atoms with Gasteiger partial charge in [0.2, 0.25) is 5.91 Å². The van der Waals surface area contributed by atoms with Crippen molar-refractivity contribution >= 4 is 23.3 Å². The van der Waals surface area contributed by atoms with Gasteiger partial charge < -0.3 is 14.8 Å². The fourth-order valence-electron chi connectivity index (χ4n) is 4.89. The lowest BCUT2D eigenvalue weighted by molar-refractivity contribution is -0.119. The molecule has 1 aromatic heterocycles. The van der Waals surface area contributed by atoms with Crippen LogP contribution in [0.5, 0.6) is 0 Å². The van der Waals surface area contributed by atoms with E-state index in [2.05, 4.69) is 35.0 Å². The predicted octanol–water partition coefficient (Wildman–Crippen LogP) is 6.56. The highest BCUT2D eigenvalue weighted by atomic mass is 16.2. The molecule has 1 atom stereocenters. The van der Waals surface area contributed by atoms with Gasteiger partial charge in [-0.3, -0.25) is 9.69 Å². The number of rotatable bonds is 7. The first-order valence-electron chi connectivity index (χ1n) is 12.8.